The van der Waals surface area contributed by atoms with Crippen molar-refractivity contribution in [2.45, 2.75) is 82.4 Å². The molecule has 0 amide bonds. The highest BCUT2D eigenvalue weighted by Crippen LogP contribution is 2.40. The molecule has 4 heterocycles. The summed E-state index contributed by atoms with van der Waals surface area (Å²) in [4.78, 5) is 5.53. The smallest absolute Gasteiger partial charge is 0.190 e. The molecule has 0 aromatic carbocycles. The number of hydrogen-bond acceptors (Lipinski definition) is 6. The summed E-state index contributed by atoms with van der Waals surface area (Å²) in [5, 5.41) is 4.24. The van der Waals surface area contributed by atoms with Crippen LogP contribution in [0, 0.1) is 0 Å². The number of oxime groups is 1. The average molecular weight is 297 g/mol. The normalized spacial score (nSPS) is 45.2. The molecular formula is C15H23NO5. The van der Waals surface area contributed by atoms with Crippen LogP contribution >= 0.6 is 0 Å². The molecule has 0 N–H and O–H groups in total. The van der Waals surface area contributed by atoms with Gasteiger partial charge in [0.2, 0.25) is 0 Å². The molecule has 0 radical (unpaired) electrons. The molecule has 6 heteroatoms. The van der Waals surface area contributed by atoms with E-state index in [9.17, 15) is 0 Å². The summed E-state index contributed by atoms with van der Waals surface area (Å²) >= 11 is 0. The third kappa shape index (κ3) is 2.59. The van der Waals surface area contributed by atoms with Gasteiger partial charge in [0.15, 0.2) is 12.1 Å². The molecule has 6 nitrogen and oxygen atoms in total. The van der Waals surface area contributed by atoms with Crippen molar-refractivity contribution in [2.24, 2.45) is 5.16 Å². The number of nitrogens with zero attached hydrogens (tertiary/aromatic N) is 1. The summed E-state index contributed by atoms with van der Waals surface area (Å²) in [6.45, 7) is 4.54. The molecule has 4 rings (SSSR count). The van der Waals surface area contributed by atoms with E-state index in [4.69, 9.17) is 23.8 Å². The lowest BCUT2D eigenvalue weighted by atomic mass is 10.00. The van der Waals surface area contributed by atoms with E-state index in [1.807, 2.05) is 13.8 Å². The lowest BCUT2D eigenvalue weighted by Gasteiger charge is -2.25. The Morgan fingerprint density at radius 1 is 1.10 bits per heavy atom. The van der Waals surface area contributed by atoms with Gasteiger partial charge in [-0.2, -0.15) is 0 Å². The Balaban J connectivity index is 1.55. The zero-order chi connectivity index (χ0) is 14.4. The van der Waals surface area contributed by atoms with Gasteiger partial charge in [0, 0.05) is 13.0 Å². The van der Waals surface area contributed by atoms with E-state index >= 15 is 0 Å². The molecule has 0 aliphatic carbocycles. The first-order valence-corrected chi connectivity index (χ1v) is 7.98. The van der Waals surface area contributed by atoms with Gasteiger partial charge in [0.1, 0.15) is 24.4 Å². The van der Waals surface area contributed by atoms with Crippen LogP contribution in [0.2, 0.25) is 0 Å². The van der Waals surface area contributed by atoms with Crippen LogP contribution in [0.5, 0.6) is 0 Å². The van der Waals surface area contributed by atoms with Gasteiger partial charge in [-0.3, -0.25) is 0 Å². The molecule has 118 valence electrons. The van der Waals surface area contributed by atoms with Crippen LogP contribution in [0.25, 0.3) is 0 Å². The van der Waals surface area contributed by atoms with E-state index < -0.39 is 5.79 Å². The second kappa shape index (κ2) is 5.19. The summed E-state index contributed by atoms with van der Waals surface area (Å²) in [6.07, 6.45) is 4.52. The molecule has 3 saturated heterocycles. The Morgan fingerprint density at radius 2 is 2.00 bits per heavy atom. The first-order chi connectivity index (χ1) is 10.1. The van der Waals surface area contributed by atoms with Crippen molar-refractivity contribution in [3.63, 3.8) is 0 Å². The topological polar surface area (TPSA) is 58.5 Å². The molecule has 0 aromatic heterocycles. The zero-order valence-electron chi connectivity index (χ0n) is 12.6. The second-order valence-electron chi connectivity index (χ2n) is 6.72. The van der Waals surface area contributed by atoms with Crippen LogP contribution in [-0.2, 0) is 23.8 Å². The maximum Gasteiger partial charge on any atom is 0.190 e. The highest BCUT2D eigenvalue weighted by molar-refractivity contribution is 5.90. The van der Waals surface area contributed by atoms with Crippen molar-refractivity contribution >= 4 is 5.71 Å². The molecule has 21 heavy (non-hydrogen) atoms. The van der Waals surface area contributed by atoms with Crippen LogP contribution < -0.4 is 0 Å². The molecule has 2 bridgehead atoms. The molecule has 0 aromatic rings. The fraction of sp³-hybridized carbons (Fsp3) is 0.933. The van der Waals surface area contributed by atoms with Crippen molar-refractivity contribution < 1.29 is 23.8 Å². The number of ether oxygens (including phenoxy) is 4. The van der Waals surface area contributed by atoms with Crippen molar-refractivity contribution in [1.82, 2.24) is 0 Å². The van der Waals surface area contributed by atoms with Gasteiger partial charge < -0.3 is 23.8 Å². The monoisotopic (exact) mass is 297 g/mol. The summed E-state index contributed by atoms with van der Waals surface area (Å²) in [5.74, 6) is -0.619. The fourth-order valence-corrected chi connectivity index (χ4v) is 3.57. The Bertz CT molecular complexity index is 438. The maximum absolute atomic E-state index is 6.09. The van der Waals surface area contributed by atoms with Crippen molar-refractivity contribution in [1.29, 1.82) is 0 Å². The van der Waals surface area contributed by atoms with Crippen LogP contribution in [-0.4, -0.2) is 48.8 Å². The van der Waals surface area contributed by atoms with Gasteiger partial charge in [-0.25, -0.2) is 0 Å². The zero-order valence-corrected chi connectivity index (χ0v) is 12.6. The third-order valence-electron chi connectivity index (χ3n) is 4.56. The number of hydrogen-bond donors (Lipinski definition) is 0. The van der Waals surface area contributed by atoms with Crippen LogP contribution in [0.1, 0.15) is 46.0 Å². The largest absolute Gasteiger partial charge is 0.392 e. The molecule has 0 saturated carbocycles. The Hall–Kier alpha value is -0.690. The molecule has 1 unspecified atom stereocenters. The first kappa shape index (κ1) is 13.9. The Labute approximate surface area is 124 Å². The first-order valence-electron chi connectivity index (χ1n) is 7.98. The van der Waals surface area contributed by atoms with Crippen LogP contribution in [0.4, 0.5) is 0 Å². The predicted octanol–water partition coefficient (Wildman–Crippen LogP) is 1.97. The van der Waals surface area contributed by atoms with E-state index in [1.165, 1.54) is 0 Å². The predicted molar refractivity (Wildman–Crippen MR) is 73.8 cm³/mol. The second-order valence-corrected chi connectivity index (χ2v) is 6.72. The highest BCUT2D eigenvalue weighted by Gasteiger charge is 2.57. The van der Waals surface area contributed by atoms with Gasteiger partial charge >= 0.3 is 0 Å². The van der Waals surface area contributed by atoms with Crippen LogP contribution in [0.15, 0.2) is 5.16 Å². The third-order valence-corrected chi connectivity index (χ3v) is 4.56. The van der Waals surface area contributed by atoms with Gasteiger partial charge in [-0.15, -0.1) is 0 Å². The minimum atomic E-state index is -0.619. The quantitative estimate of drug-likeness (QED) is 0.684. The SMILES string of the molecule is CC1(C)O[C@H]2O[C@@H]3C4=NOC(CCCCCO[C@@H]3[C@H]2O1)C4. The summed E-state index contributed by atoms with van der Waals surface area (Å²) < 4.78 is 23.9. The van der Waals surface area contributed by atoms with E-state index in [1.54, 1.807) is 0 Å². The van der Waals surface area contributed by atoms with E-state index in [0.717, 1.165) is 44.4 Å². The van der Waals surface area contributed by atoms with Crippen molar-refractivity contribution in [3.8, 4) is 0 Å². The van der Waals surface area contributed by atoms with Gasteiger partial charge in [-0.1, -0.05) is 11.6 Å². The van der Waals surface area contributed by atoms with Gasteiger partial charge in [0.25, 0.3) is 0 Å². The molecule has 5 atom stereocenters. The number of rotatable bonds is 0. The van der Waals surface area contributed by atoms with E-state index in [-0.39, 0.29) is 30.7 Å². The average Bonchev–Trinajstić information content (AvgIpc) is 3.05. The van der Waals surface area contributed by atoms with Gasteiger partial charge in [-0.05, 0) is 33.1 Å². The molecule has 0 spiro atoms. The summed E-state index contributed by atoms with van der Waals surface area (Å²) in [6, 6.07) is 0. The maximum atomic E-state index is 6.09. The van der Waals surface area contributed by atoms with Crippen LogP contribution in [0.3, 0.4) is 0 Å². The van der Waals surface area contributed by atoms with E-state index in [0.29, 0.717) is 0 Å². The van der Waals surface area contributed by atoms with Crippen molar-refractivity contribution in [3.05, 3.63) is 0 Å². The highest BCUT2D eigenvalue weighted by atomic mass is 16.8. The molecule has 3 fully saturated rings. The molecule has 4 aliphatic rings. The lowest BCUT2D eigenvalue weighted by Crippen LogP contribution is -2.40. The fourth-order valence-electron chi connectivity index (χ4n) is 3.57. The van der Waals surface area contributed by atoms with Crippen molar-refractivity contribution in [2.75, 3.05) is 6.61 Å². The molecular weight excluding hydrogens is 274 g/mol. The lowest BCUT2D eigenvalue weighted by molar-refractivity contribution is -0.210. The standard InChI is InChI=1S/C15H23NO5/c1-15(2)19-13-12-11(18-14(13)20-15)10-8-9(21-16-10)6-4-3-5-7-17-12/h9,11-14H,3-8H2,1-2H3/t9?,11-,12+,13-,14-/m1/s1. The Kier molecular flexibility index (Phi) is 3.45. The van der Waals surface area contributed by atoms with Gasteiger partial charge in [0.05, 0.1) is 5.71 Å². The number of fused-ring (bicyclic) bond motifs is 6. The minimum Gasteiger partial charge on any atom is -0.392 e. The molecule has 4 aliphatic heterocycles. The van der Waals surface area contributed by atoms with E-state index in [2.05, 4.69) is 5.16 Å². The minimum absolute atomic E-state index is 0.157. The summed E-state index contributed by atoms with van der Waals surface area (Å²) in [7, 11) is 0. The summed E-state index contributed by atoms with van der Waals surface area (Å²) in [5.41, 5.74) is 0.936. The Morgan fingerprint density at radius 3 is 2.90 bits per heavy atom.